The third-order valence-corrected chi connectivity index (χ3v) is 4.90. The Kier molecular flexibility index (Phi) is 4.97. The molecule has 1 aromatic carbocycles. The molecule has 1 fully saturated rings. The minimum absolute atomic E-state index is 0.0537. The van der Waals surface area contributed by atoms with Crippen LogP contribution in [0.15, 0.2) is 53.1 Å². The number of urea groups is 1. The molecule has 0 atom stereocenters. The van der Waals surface area contributed by atoms with Crippen molar-refractivity contribution in [3.05, 3.63) is 54.3 Å². The lowest BCUT2D eigenvalue weighted by molar-refractivity contribution is 0.0667. The lowest BCUT2D eigenvalue weighted by atomic mass is 10.0. The van der Waals surface area contributed by atoms with Crippen LogP contribution in [0.1, 0.15) is 17.3 Å². The molecular weight excluding hydrogens is 356 g/mol. The summed E-state index contributed by atoms with van der Waals surface area (Å²) in [5, 5.41) is 3.62. The molecular formula is C21H22N4O3. The van der Waals surface area contributed by atoms with E-state index in [2.05, 4.69) is 10.3 Å². The molecule has 0 spiro atoms. The molecule has 1 N–H and O–H groups in total. The number of hydrogen-bond donors (Lipinski definition) is 1. The monoisotopic (exact) mass is 378 g/mol. The van der Waals surface area contributed by atoms with E-state index < -0.39 is 0 Å². The van der Waals surface area contributed by atoms with Crippen LogP contribution in [-0.4, -0.2) is 59.4 Å². The third-order valence-electron chi connectivity index (χ3n) is 4.90. The second-order valence-electron chi connectivity index (χ2n) is 6.66. The Hall–Kier alpha value is -3.35. The van der Waals surface area contributed by atoms with Gasteiger partial charge in [-0.15, -0.1) is 0 Å². The van der Waals surface area contributed by atoms with Crippen molar-refractivity contribution in [1.82, 2.24) is 20.1 Å². The van der Waals surface area contributed by atoms with Crippen molar-refractivity contribution < 1.29 is 14.0 Å². The maximum atomic E-state index is 13.3. The number of nitrogens with one attached hydrogen (secondary N) is 1. The average molecular weight is 378 g/mol. The zero-order chi connectivity index (χ0) is 19.5. The summed E-state index contributed by atoms with van der Waals surface area (Å²) in [6, 6.07) is 13.0. The Balaban J connectivity index is 1.62. The highest BCUT2D eigenvalue weighted by Crippen LogP contribution is 2.26. The van der Waals surface area contributed by atoms with Gasteiger partial charge >= 0.3 is 6.03 Å². The van der Waals surface area contributed by atoms with Crippen molar-refractivity contribution in [2.45, 2.75) is 6.92 Å². The van der Waals surface area contributed by atoms with E-state index in [-0.39, 0.29) is 11.9 Å². The first-order valence-electron chi connectivity index (χ1n) is 9.43. The Labute approximate surface area is 162 Å². The number of benzene rings is 1. The number of furan rings is 1. The van der Waals surface area contributed by atoms with E-state index in [9.17, 15) is 9.59 Å². The molecule has 0 radical (unpaired) electrons. The lowest BCUT2D eigenvalue weighted by Crippen LogP contribution is -2.53. The molecule has 1 saturated heterocycles. The number of pyridine rings is 1. The predicted octanol–water partition coefficient (Wildman–Crippen LogP) is 2.98. The molecule has 0 saturated carbocycles. The first kappa shape index (κ1) is 18.0. The fourth-order valence-corrected chi connectivity index (χ4v) is 3.45. The van der Waals surface area contributed by atoms with E-state index in [4.69, 9.17) is 4.42 Å². The molecule has 3 amide bonds. The molecule has 4 rings (SSSR count). The predicted molar refractivity (Wildman–Crippen MR) is 106 cm³/mol. The van der Waals surface area contributed by atoms with Crippen molar-refractivity contribution in [3.8, 4) is 11.5 Å². The van der Waals surface area contributed by atoms with Gasteiger partial charge in [-0.1, -0.05) is 18.2 Å². The first-order valence-corrected chi connectivity index (χ1v) is 9.43. The zero-order valence-corrected chi connectivity index (χ0v) is 15.7. The molecule has 3 aromatic rings. The molecule has 28 heavy (non-hydrogen) atoms. The van der Waals surface area contributed by atoms with Crippen LogP contribution < -0.4 is 5.32 Å². The van der Waals surface area contributed by atoms with Crippen LogP contribution in [0, 0.1) is 0 Å². The molecule has 2 aromatic heterocycles. The highest BCUT2D eigenvalue weighted by molar-refractivity contribution is 6.07. The lowest BCUT2D eigenvalue weighted by Gasteiger charge is -2.34. The number of piperazine rings is 1. The summed E-state index contributed by atoms with van der Waals surface area (Å²) < 4.78 is 5.47. The highest BCUT2D eigenvalue weighted by atomic mass is 16.3. The molecule has 0 unspecified atom stereocenters. The summed E-state index contributed by atoms with van der Waals surface area (Å²) >= 11 is 0. The van der Waals surface area contributed by atoms with E-state index in [1.165, 1.54) is 0 Å². The third kappa shape index (κ3) is 3.43. The van der Waals surface area contributed by atoms with Gasteiger partial charge < -0.3 is 19.5 Å². The molecule has 0 aliphatic carbocycles. The Morgan fingerprint density at radius 3 is 2.54 bits per heavy atom. The topological polar surface area (TPSA) is 78.7 Å². The Bertz CT molecular complexity index is 992. The van der Waals surface area contributed by atoms with Crippen LogP contribution in [-0.2, 0) is 0 Å². The van der Waals surface area contributed by atoms with Gasteiger partial charge in [-0.25, -0.2) is 9.78 Å². The first-order chi connectivity index (χ1) is 13.7. The maximum Gasteiger partial charge on any atom is 0.317 e. The summed E-state index contributed by atoms with van der Waals surface area (Å²) in [5.41, 5.74) is 1.98. The SMILES string of the molecule is CCNC(=O)N1CCN(C(=O)c2cc(-c3ccco3)nc3ccccc23)CC1. The number of rotatable bonds is 3. The second kappa shape index (κ2) is 7.72. The van der Waals surface area contributed by atoms with E-state index in [1.54, 1.807) is 28.2 Å². The highest BCUT2D eigenvalue weighted by Gasteiger charge is 2.26. The molecule has 1 aliphatic rings. The summed E-state index contributed by atoms with van der Waals surface area (Å²) in [4.78, 5) is 33.4. The molecule has 3 heterocycles. The number of fused-ring (bicyclic) bond motifs is 1. The number of carbonyl (C=O) groups is 2. The summed E-state index contributed by atoms with van der Waals surface area (Å²) in [6.45, 7) is 4.53. The zero-order valence-electron chi connectivity index (χ0n) is 15.7. The minimum Gasteiger partial charge on any atom is -0.463 e. The van der Waals surface area contributed by atoms with Gasteiger partial charge in [0.05, 0.1) is 17.3 Å². The van der Waals surface area contributed by atoms with Crippen LogP contribution in [0.3, 0.4) is 0 Å². The number of amides is 3. The van der Waals surface area contributed by atoms with E-state index in [0.717, 1.165) is 10.9 Å². The fraction of sp³-hybridized carbons (Fsp3) is 0.286. The van der Waals surface area contributed by atoms with E-state index in [1.807, 2.05) is 37.3 Å². The van der Waals surface area contributed by atoms with Gasteiger partial charge in [-0.3, -0.25) is 4.79 Å². The molecule has 7 heteroatoms. The largest absolute Gasteiger partial charge is 0.463 e. The summed E-state index contributed by atoms with van der Waals surface area (Å²) in [7, 11) is 0. The van der Waals surface area contributed by atoms with Crippen LogP contribution in [0.25, 0.3) is 22.4 Å². The number of nitrogens with zero attached hydrogens (tertiary/aromatic N) is 3. The van der Waals surface area contributed by atoms with Gasteiger partial charge in [0.2, 0.25) is 0 Å². The molecule has 7 nitrogen and oxygen atoms in total. The van der Waals surface area contributed by atoms with Crippen molar-refractivity contribution in [1.29, 1.82) is 0 Å². The van der Waals surface area contributed by atoms with Crippen molar-refractivity contribution in [2.24, 2.45) is 0 Å². The smallest absolute Gasteiger partial charge is 0.317 e. The Morgan fingerprint density at radius 2 is 1.82 bits per heavy atom. The summed E-state index contributed by atoms with van der Waals surface area (Å²) in [5.74, 6) is 0.572. The van der Waals surface area contributed by atoms with Crippen LogP contribution in [0.4, 0.5) is 4.79 Å². The minimum atomic E-state index is -0.0796. The fourth-order valence-electron chi connectivity index (χ4n) is 3.45. The van der Waals surface area contributed by atoms with Crippen LogP contribution in [0.5, 0.6) is 0 Å². The van der Waals surface area contributed by atoms with E-state index in [0.29, 0.717) is 49.7 Å². The second-order valence-corrected chi connectivity index (χ2v) is 6.66. The van der Waals surface area contributed by atoms with E-state index >= 15 is 0 Å². The Morgan fingerprint density at radius 1 is 1.07 bits per heavy atom. The average Bonchev–Trinajstić information content (AvgIpc) is 3.28. The maximum absolute atomic E-state index is 13.3. The van der Waals surface area contributed by atoms with Gasteiger partial charge in [0.25, 0.3) is 5.91 Å². The number of aromatic nitrogens is 1. The van der Waals surface area contributed by atoms with Crippen molar-refractivity contribution >= 4 is 22.8 Å². The van der Waals surface area contributed by atoms with Gasteiger partial charge in [-0.05, 0) is 31.2 Å². The standard InChI is InChI=1S/C21H22N4O3/c1-2-22-21(27)25-11-9-24(10-12-25)20(26)16-14-18(19-8-5-13-28-19)23-17-7-4-3-6-15(16)17/h3-8,13-14H,2,9-12H2,1H3,(H,22,27). The van der Waals surface area contributed by atoms with Gasteiger partial charge in [0.15, 0.2) is 5.76 Å². The van der Waals surface area contributed by atoms with Crippen molar-refractivity contribution in [3.63, 3.8) is 0 Å². The quantitative estimate of drug-likeness (QED) is 0.760. The van der Waals surface area contributed by atoms with Crippen molar-refractivity contribution in [2.75, 3.05) is 32.7 Å². The van der Waals surface area contributed by atoms with Crippen LogP contribution in [0.2, 0.25) is 0 Å². The van der Waals surface area contributed by atoms with Gasteiger partial charge in [0, 0.05) is 38.1 Å². The molecule has 144 valence electrons. The number of hydrogen-bond acceptors (Lipinski definition) is 4. The van der Waals surface area contributed by atoms with Gasteiger partial charge in [0.1, 0.15) is 5.69 Å². The number of para-hydroxylation sites is 1. The molecule has 0 bridgehead atoms. The normalized spacial score (nSPS) is 14.3. The molecule has 1 aliphatic heterocycles. The summed E-state index contributed by atoms with van der Waals surface area (Å²) in [6.07, 6.45) is 1.59. The van der Waals surface area contributed by atoms with Gasteiger partial charge in [-0.2, -0.15) is 0 Å². The number of carbonyl (C=O) groups excluding carboxylic acids is 2. The van der Waals surface area contributed by atoms with Crippen LogP contribution >= 0.6 is 0 Å².